The van der Waals surface area contributed by atoms with E-state index in [-0.39, 0.29) is 28.1 Å². The van der Waals surface area contributed by atoms with Crippen molar-refractivity contribution in [3.8, 4) is 11.5 Å². The Hall–Kier alpha value is -3.33. The van der Waals surface area contributed by atoms with Crippen LogP contribution in [0.1, 0.15) is 11.1 Å². The molecule has 2 aromatic carbocycles. The molecule has 0 unspecified atom stereocenters. The van der Waals surface area contributed by atoms with Crippen LogP contribution in [-0.4, -0.2) is 48.0 Å². The molecule has 0 spiro atoms. The number of aromatic hydroxyl groups is 2. The summed E-state index contributed by atoms with van der Waals surface area (Å²) >= 11 is 0. The average Bonchev–Trinajstić information content (AvgIpc) is 2.66. The highest BCUT2D eigenvalue weighted by molar-refractivity contribution is 7.95. The van der Waals surface area contributed by atoms with E-state index in [4.69, 9.17) is 0 Å². The van der Waals surface area contributed by atoms with Crippen LogP contribution in [0.3, 0.4) is 0 Å². The van der Waals surface area contributed by atoms with Crippen LogP contribution < -0.4 is 4.90 Å². The Balaban J connectivity index is 2.52. The molecule has 142 valence electrons. The first-order valence-electron chi connectivity index (χ1n) is 7.71. The van der Waals surface area contributed by atoms with Crippen LogP contribution in [0.25, 0.3) is 5.57 Å². The molecule has 0 aliphatic carbocycles. The molecule has 9 heteroatoms. The summed E-state index contributed by atoms with van der Waals surface area (Å²) in [7, 11) is -1.34. The SMILES string of the molecule is CN(C)c1ccc2c(c1O)C(c1ccc(O)cc1)=C(O)C(O)=C(O)S2(=O)=O. The van der Waals surface area contributed by atoms with Crippen LogP contribution in [0.5, 0.6) is 11.5 Å². The van der Waals surface area contributed by atoms with Crippen molar-refractivity contribution in [2.24, 2.45) is 0 Å². The Morgan fingerprint density at radius 1 is 0.815 bits per heavy atom. The molecule has 5 N–H and O–H groups in total. The number of aliphatic hydroxyl groups is 3. The lowest BCUT2D eigenvalue weighted by atomic mass is 9.94. The number of anilines is 1. The molecular weight excluding hydrogens is 374 g/mol. The zero-order valence-corrected chi connectivity index (χ0v) is 15.2. The number of fused-ring (bicyclic) bond motifs is 1. The summed E-state index contributed by atoms with van der Waals surface area (Å²) in [6, 6.07) is 7.84. The van der Waals surface area contributed by atoms with Gasteiger partial charge in [-0.2, -0.15) is 0 Å². The summed E-state index contributed by atoms with van der Waals surface area (Å²) in [6.45, 7) is 0. The number of hydrogen-bond acceptors (Lipinski definition) is 8. The summed E-state index contributed by atoms with van der Waals surface area (Å²) in [4.78, 5) is 1.05. The molecule has 27 heavy (non-hydrogen) atoms. The largest absolute Gasteiger partial charge is 0.508 e. The fraction of sp³-hybridized carbons (Fsp3) is 0.111. The smallest absolute Gasteiger partial charge is 0.261 e. The Morgan fingerprint density at radius 3 is 1.96 bits per heavy atom. The van der Waals surface area contributed by atoms with Gasteiger partial charge in [-0.15, -0.1) is 0 Å². The van der Waals surface area contributed by atoms with E-state index in [2.05, 4.69) is 0 Å². The van der Waals surface area contributed by atoms with Crippen LogP contribution >= 0.6 is 0 Å². The lowest BCUT2D eigenvalue weighted by Gasteiger charge is -2.20. The lowest BCUT2D eigenvalue weighted by molar-refractivity contribution is 0.298. The fourth-order valence-corrected chi connectivity index (χ4v) is 4.14. The van der Waals surface area contributed by atoms with Gasteiger partial charge in [0.2, 0.25) is 15.6 Å². The molecule has 0 bridgehead atoms. The maximum absolute atomic E-state index is 12.7. The van der Waals surface area contributed by atoms with Crippen molar-refractivity contribution in [3.05, 3.63) is 64.1 Å². The third-order valence-corrected chi connectivity index (χ3v) is 5.84. The molecule has 0 aromatic heterocycles. The van der Waals surface area contributed by atoms with Gasteiger partial charge in [-0.25, -0.2) is 8.42 Å². The minimum absolute atomic E-state index is 0.0748. The van der Waals surface area contributed by atoms with E-state index in [9.17, 15) is 34.0 Å². The molecule has 3 rings (SSSR count). The lowest BCUT2D eigenvalue weighted by Crippen LogP contribution is -2.12. The quantitative estimate of drug-likeness (QED) is 0.526. The molecule has 1 aliphatic heterocycles. The Labute approximate surface area is 155 Å². The molecule has 2 aromatic rings. The molecule has 0 atom stereocenters. The fourth-order valence-electron chi connectivity index (χ4n) is 2.87. The van der Waals surface area contributed by atoms with Gasteiger partial charge in [0, 0.05) is 25.2 Å². The maximum atomic E-state index is 12.7. The second kappa shape index (κ2) is 6.13. The molecule has 1 aliphatic rings. The van der Waals surface area contributed by atoms with E-state index < -0.39 is 37.1 Å². The number of phenols is 2. The Bertz CT molecular complexity index is 1100. The van der Waals surface area contributed by atoms with Crippen molar-refractivity contribution in [2.45, 2.75) is 4.90 Å². The van der Waals surface area contributed by atoms with Gasteiger partial charge in [-0.1, -0.05) is 12.1 Å². The van der Waals surface area contributed by atoms with E-state index in [1.54, 1.807) is 14.1 Å². The summed E-state index contributed by atoms with van der Waals surface area (Å²) in [5.41, 5.74) is -0.0283. The predicted molar refractivity (Wildman–Crippen MR) is 98.7 cm³/mol. The summed E-state index contributed by atoms with van der Waals surface area (Å²) < 4.78 is 25.3. The summed E-state index contributed by atoms with van der Waals surface area (Å²) in [5, 5.41) is 49.4. The number of benzene rings is 2. The van der Waals surface area contributed by atoms with E-state index >= 15 is 0 Å². The van der Waals surface area contributed by atoms with Gasteiger partial charge in [0.05, 0.1) is 10.6 Å². The van der Waals surface area contributed by atoms with Gasteiger partial charge < -0.3 is 30.4 Å². The average molecular weight is 391 g/mol. The normalized spacial score (nSPS) is 16.1. The minimum Gasteiger partial charge on any atom is -0.508 e. The van der Waals surface area contributed by atoms with E-state index in [0.717, 1.165) is 0 Å². The summed E-state index contributed by atoms with van der Waals surface area (Å²) in [5.74, 6) is -2.70. The molecule has 1 heterocycles. The number of sulfone groups is 1. The zero-order chi connectivity index (χ0) is 20.1. The third-order valence-electron chi connectivity index (χ3n) is 4.21. The monoisotopic (exact) mass is 391 g/mol. The van der Waals surface area contributed by atoms with Gasteiger partial charge >= 0.3 is 0 Å². The second-order valence-electron chi connectivity index (χ2n) is 6.13. The highest BCUT2D eigenvalue weighted by Crippen LogP contribution is 2.46. The van der Waals surface area contributed by atoms with E-state index in [1.807, 2.05) is 0 Å². The minimum atomic E-state index is -4.60. The first-order chi connectivity index (χ1) is 12.6. The van der Waals surface area contributed by atoms with Crippen molar-refractivity contribution in [3.63, 3.8) is 0 Å². The number of hydrogen-bond donors (Lipinski definition) is 5. The molecule has 8 nitrogen and oxygen atoms in total. The number of phenolic OH excluding ortho intramolecular Hbond substituents is 2. The topological polar surface area (TPSA) is 139 Å². The van der Waals surface area contributed by atoms with Crippen LogP contribution in [-0.2, 0) is 9.84 Å². The van der Waals surface area contributed by atoms with Gasteiger partial charge in [0.15, 0.2) is 5.76 Å². The van der Waals surface area contributed by atoms with Gasteiger partial charge in [0.1, 0.15) is 11.5 Å². The number of nitrogens with zero attached hydrogens (tertiary/aromatic N) is 1. The van der Waals surface area contributed by atoms with Crippen LogP contribution in [0, 0.1) is 0 Å². The highest BCUT2D eigenvalue weighted by atomic mass is 32.2. The first-order valence-corrected chi connectivity index (χ1v) is 9.19. The molecule has 0 radical (unpaired) electrons. The Kier molecular flexibility index (Phi) is 4.19. The standard InChI is InChI=1S/C18H17NO7S/c1-19(2)11-7-8-12-14(15(11)21)13(9-3-5-10(20)6-4-9)16(22)17(23)18(24)27(12,25)26/h3-8,20-24H,1-2H3. The van der Waals surface area contributed by atoms with Crippen molar-refractivity contribution < 1.29 is 34.0 Å². The summed E-state index contributed by atoms with van der Waals surface area (Å²) in [6.07, 6.45) is 0. The van der Waals surface area contributed by atoms with E-state index in [1.165, 1.54) is 41.3 Å². The molecular formula is C18H17NO7S. The third kappa shape index (κ3) is 2.72. The zero-order valence-electron chi connectivity index (χ0n) is 14.4. The van der Waals surface area contributed by atoms with Crippen molar-refractivity contribution in [2.75, 3.05) is 19.0 Å². The van der Waals surface area contributed by atoms with E-state index in [0.29, 0.717) is 0 Å². The van der Waals surface area contributed by atoms with Gasteiger partial charge in [0.25, 0.3) is 5.09 Å². The van der Waals surface area contributed by atoms with Crippen LogP contribution in [0.2, 0.25) is 0 Å². The maximum Gasteiger partial charge on any atom is 0.261 e. The van der Waals surface area contributed by atoms with Gasteiger partial charge in [-0.3, -0.25) is 0 Å². The van der Waals surface area contributed by atoms with Crippen LogP contribution in [0.4, 0.5) is 5.69 Å². The van der Waals surface area contributed by atoms with Gasteiger partial charge in [-0.05, 0) is 29.8 Å². The van der Waals surface area contributed by atoms with Crippen molar-refractivity contribution in [1.29, 1.82) is 0 Å². The first kappa shape index (κ1) is 18.5. The van der Waals surface area contributed by atoms with Crippen molar-refractivity contribution in [1.82, 2.24) is 0 Å². The van der Waals surface area contributed by atoms with Crippen molar-refractivity contribution >= 4 is 21.1 Å². The number of aliphatic hydroxyl groups excluding tert-OH is 3. The molecule has 0 amide bonds. The predicted octanol–water partition coefficient (Wildman–Crippen LogP) is 2.55. The molecule has 0 fully saturated rings. The Morgan fingerprint density at radius 2 is 1.41 bits per heavy atom. The molecule has 0 saturated heterocycles. The highest BCUT2D eigenvalue weighted by Gasteiger charge is 2.37. The number of rotatable bonds is 2. The van der Waals surface area contributed by atoms with Crippen LogP contribution in [0.15, 0.2) is 57.9 Å². The second-order valence-corrected chi connectivity index (χ2v) is 7.96. The molecule has 0 saturated carbocycles.